The van der Waals surface area contributed by atoms with Crippen molar-refractivity contribution < 1.29 is 19.1 Å². The summed E-state index contributed by atoms with van der Waals surface area (Å²) in [4.78, 5) is 27.0. The fourth-order valence-corrected chi connectivity index (χ4v) is 4.88. The maximum Gasteiger partial charge on any atom is 0.293 e. The first-order valence-corrected chi connectivity index (χ1v) is 12.1. The van der Waals surface area contributed by atoms with Crippen LogP contribution in [-0.4, -0.2) is 40.4 Å². The van der Waals surface area contributed by atoms with Crippen LogP contribution >= 0.6 is 23.4 Å². The van der Waals surface area contributed by atoms with Gasteiger partial charge in [0.1, 0.15) is 18.1 Å². The zero-order valence-electron chi connectivity index (χ0n) is 19.2. The second-order valence-electron chi connectivity index (χ2n) is 7.70. The van der Waals surface area contributed by atoms with Gasteiger partial charge in [0.25, 0.3) is 11.1 Å². The Kier molecular flexibility index (Phi) is 7.34. The van der Waals surface area contributed by atoms with Gasteiger partial charge in [0, 0.05) is 17.1 Å². The van der Waals surface area contributed by atoms with Crippen LogP contribution in [-0.2, 0) is 4.79 Å². The van der Waals surface area contributed by atoms with Gasteiger partial charge >= 0.3 is 0 Å². The predicted octanol–water partition coefficient (Wildman–Crippen LogP) is 6.26. The van der Waals surface area contributed by atoms with Crippen LogP contribution < -0.4 is 9.47 Å². The highest BCUT2D eigenvalue weighted by molar-refractivity contribution is 8.18. The van der Waals surface area contributed by atoms with Crippen LogP contribution in [0.4, 0.5) is 4.79 Å². The summed E-state index contributed by atoms with van der Waals surface area (Å²) in [6, 6.07) is 17.0. The van der Waals surface area contributed by atoms with Gasteiger partial charge in [0.05, 0.1) is 23.1 Å². The molecule has 2 amide bonds. The number of carbonyl (C=O) groups is 2. The SMILES string of the molecule is CCOc1ccc(-n2c(C)cc(/C=C3\SC(=O)N(CCOc4ccccc4Cl)C3=O)c2C)cc1. The number of aryl methyl sites for hydroxylation is 1. The summed E-state index contributed by atoms with van der Waals surface area (Å²) in [6.07, 6.45) is 1.78. The smallest absolute Gasteiger partial charge is 0.293 e. The molecule has 2 heterocycles. The molecule has 1 saturated heterocycles. The number of hydrogen-bond donors (Lipinski definition) is 0. The Morgan fingerprint density at radius 3 is 2.47 bits per heavy atom. The van der Waals surface area contributed by atoms with Crippen LogP contribution in [0.25, 0.3) is 11.8 Å². The first-order valence-electron chi connectivity index (χ1n) is 10.9. The van der Waals surface area contributed by atoms with Crippen LogP contribution in [0.5, 0.6) is 11.5 Å². The third kappa shape index (κ3) is 5.00. The number of hydrogen-bond acceptors (Lipinski definition) is 5. The van der Waals surface area contributed by atoms with Crippen molar-refractivity contribution in [2.45, 2.75) is 20.8 Å². The minimum absolute atomic E-state index is 0.151. The molecular formula is C26H25ClN2O4S. The van der Waals surface area contributed by atoms with Gasteiger partial charge < -0.3 is 14.0 Å². The highest BCUT2D eigenvalue weighted by Gasteiger charge is 2.35. The van der Waals surface area contributed by atoms with E-state index >= 15 is 0 Å². The average molecular weight is 497 g/mol. The van der Waals surface area contributed by atoms with Crippen molar-refractivity contribution in [2.24, 2.45) is 0 Å². The van der Waals surface area contributed by atoms with E-state index in [1.807, 2.05) is 63.2 Å². The minimum atomic E-state index is -0.316. The van der Waals surface area contributed by atoms with E-state index in [-0.39, 0.29) is 24.3 Å². The molecule has 6 nitrogen and oxygen atoms in total. The Bertz CT molecular complexity index is 1250. The lowest BCUT2D eigenvalue weighted by Crippen LogP contribution is -2.32. The number of thioether (sulfide) groups is 1. The largest absolute Gasteiger partial charge is 0.494 e. The topological polar surface area (TPSA) is 60.8 Å². The van der Waals surface area contributed by atoms with E-state index in [4.69, 9.17) is 21.1 Å². The molecule has 0 spiro atoms. The van der Waals surface area contributed by atoms with Crippen LogP contribution in [0.15, 0.2) is 59.5 Å². The molecular weight excluding hydrogens is 472 g/mol. The van der Waals surface area contributed by atoms with E-state index in [0.29, 0.717) is 22.3 Å². The molecule has 2 aromatic carbocycles. The number of amides is 2. The molecule has 1 fully saturated rings. The Hall–Kier alpha value is -3.16. The molecule has 0 radical (unpaired) electrons. The maximum absolute atomic E-state index is 12.9. The molecule has 0 aliphatic carbocycles. The lowest BCUT2D eigenvalue weighted by molar-refractivity contribution is -0.123. The summed E-state index contributed by atoms with van der Waals surface area (Å²) < 4.78 is 13.3. The number of halogens is 1. The summed E-state index contributed by atoms with van der Waals surface area (Å²) in [5.41, 5.74) is 3.91. The number of rotatable bonds is 8. The Balaban J connectivity index is 1.48. The van der Waals surface area contributed by atoms with E-state index in [9.17, 15) is 9.59 Å². The molecule has 4 rings (SSSR count). The van der Waals surface area contributed by atoms with E-state index < -0.39 is 0 Å². The molecule has 3 aromatic rings. The molecule has 8 heteroatoms. The number of para-hydroxylation sites is 1. The molecule has 1 aliphatic rings. The number of imide groups is 1. The molecule has 176 valence electrons. The fraction of sp³-hybridized carbons (Fsp3) is 0.231. The molecule has 0 atom stereocenters. The summed E-state index contributed by atoms with van der Waals surface area (Å²) in [7, 11) is 0. The molecule has 1 aliphatic heterocycles. The quantitative estimate of drug-likeness (QED) is 0.344. The average Bonchev–Trinajstić information content (AvgIpc) is 3.25. The van der Waals surface area contributed by atoms with Crippen molar-refractivity contribution in [1.29, 1.82) is 0 Å². The number of aromatic nitrogens is 1. The zero-order valence-corrected chi connectivity index (χ0v) is 20.8. The molecule has 0 saturated carbocycles. The highest BCUT2D eigenvalue weighted by Crippen LogP contribution is 2.34. The van der Waals surface area contributed by atoms with Crippen LogP contribution in [0, 0.1) is 13.8 Å². The standard InChI is InChI=1S/C26H25ClN2O4S/c1-4-32-21-11-9-20(10-12-21)29-17(2)15-19(18(29)3)16-24-25(30)28(26(31)34-24)13-14-33-23-8-6-5-7-22(23)27/h5-12,15-16H,4,13-14H2,1-3H3/b24-16-. The first kappa shape index (κ1) is 24.0. The highest BCUT2D eigenvalue weighted by atomic mass is 35.5. The molecule has 0 N–H and O–H groups in total. The monoisotopic (exact) mass is 496 g/mol. The Morgan fingerprint density at radius 1 is 1.03 bits per heavy atom. The van der Waals surface area contributed by atoms with Gasteiger partial charge in [-0.15, -0.1) is 0 Å². The van der Waals surface area contributed by atoms with Gasteiger partial charge in [-0.1, -0.05) is 23.7 Å². The number of carbonyl (C=O) groups excluding carboxylic acids is 2. The molecule has 0 unspecified atom stereocenters. The molecule has 1 aromatic heterocycles. The normalized spacial score (nSPS) is 14.8. The number of nitrogens with zero attached hydrogens (tertiary/aromatic N) is 2. The van der Waals surface area contributed by atoms with Gasteiger partial charge in [-0.3, -0.25) is 14.5 Å². The minimum Gasteiger partial charge on any atom is -0.494 e. The van der Waals surface area contributed by atoms with Crippen molar-refractivity contribution in [2.75, 3.05) is 19.8 Å². The molecule has 0 bridgehead atoms. The second kappa shape index (κ2) is 10.4. The van der Waals surface area contributed by atoms with E-state index in [1.54, 1.807) is 18.2 Å². The number of benzene rings is 2. The maximum atomic E-state index is 12.9. The van der Waals surface area contributed by atoms with Crippen LogP contribution in [0.1, 0.15) is 23.9 Å². The zero-order chi connectivity index (χ0) is 24.2. The lowest BCUT2D eigenvalue weighted by Gasteiger charge is -2.13. The third-order valence-electron chi connectivity index (χ3n) is 5.45. The van der Waals surface area contributed by atoms with E-state index in [1.165, 1.54) is 4.90 Å². The van der Waals surface area contributed by atoms with Gasteiger partial charge in [-0.25, -0.2) is 0 Å². The Morgan fingerprint density at radius 2 is 1.76 bits per heavy atom. The number of ether oxygens (including phenoxy) is 2. The predicted molar refractivity (Wildman–Crippen MR) is 136 cm³/mol. The Labute approximate surface area is 208 Å². The van der Waals surface area contributed by atoms with Gasteiger partial charge in [-0.05, 0) is 86.6 Å². The molecule has 34 heavy (non-hydrogen) atoms. The van der Waals surface area contributed by atoms with Crippen molar-refractivity contribution in [3.05, 3.63) is 81.5 Å². The fourth-order valence-electron chi connectivity index (χ4n) is 3.83. The van der Waals surface area contributed by atoms with Gasteiger partial charge in [0.15, 0.2) is 0 Å². The summed E-state index contributed by atoms with van der Waals surface area (Å²) in [5, 5.41) is 0.179. The van der Waals surface area contributed by atoms with Crippen molar-refractivity contribution in [1.82, 2.24) is 9.47 Å². The third-order valence-corrected chi connectivity index (χ3v) is 6.67. The van der Waals surface area contributed by atoms with Crippen LogP contribution in [0.3, 0.4) is 0 Å². The second-order valence-corrected chi connectivity index (χ2v) is 9.10. The summed E-state index contributed by atoms with van der Waals surface area (Å²) in [6.45, 7) is 6.90. The van der Waals surface area contributed by atoms with E-state index in [0.717, 1.165) is 40.2 Å². The first-order chi connectivity index (χ1) is 16.4. The van der Waals surface area contributed by atoms with Crippen molar-refractivity contribution in [3.8, 4) is 17.2 Å². The summed E-state index contributed by atoms with van der Waals surface area (Å²) in [5.74, 6) is 1.03. The van der Waals surface area contributed by atoms with Crippen molar-refractivity contribution in [3.63, 3.8) is 0 Å². The van der Waals surface area contributed by atoms with Gasteiger partial charge in [0.2, 0.25) is 0 Å². The van der Waals surface area contributed by atoms with Gasteiger partial charge in [-0.2, -0.15) is 0 Å². The summed E-state index contributed by atoms with van der Waals surface area (Å²) >= 11 is 7.04. The van der Waals surface area contributed by atoms with Crippen molar-refractivity contribution >= 4 is 40.6 Å². The van der Waals surface area contributed by atoms with E-state index in [2.05, 4.69) is 4.57 Å². The lowest BCUT2D eigenvalue weighted by atomic mass is 10.2. The van der Waals surface area contributed by atoms with Crippen LogP contribution in [0.2, 0.25) is 5.02 Å².